The zero-order valence-corrected chi connectivity index (χ0v) is 15.0. The second-order valence-corrected chi connectivity index (χ2v) is 8.09. The van der Waals surface area contributed by atoms with Gasteiger partial charge in [-0.25, -0.2) is 4.98 Å². The van der Waals surface area contributed by atoms with E-state index in [-0.39, 0.29) is 17.4 Å². The number of piperidine rings is 1. The van der Waals surface area contributed by atoms with Crippen LogP contribution < -0.4 is 0 Å². The minimum absolute atomic E-state index is 0.0706. The molecule has 0 bridgehead atoms. The number of carbonyl (C=O) groups is 1. The van der Waals surface area contributed by atoms with Gasteiger partial charge in [0.25, 0.3) is 0 Å². The summed E-state index contributed by atoms with van der Waals surface area (Å²) in [5.74, 6) is 0.271. The largest absolute Gasteiger partial charge is 0.378 e. The third kappa shape index (κ3) is 2.98. The number of nitrogens with zero attached hydrogens (tertiary/aromatic N) is 3. The normalized spacial score (nSPS) is 31.2. The molecule has 0 aliphatic carbocycles. The number of hydrogen-bond donors (Lipinski definition) is 0. The number of hydrogen-bond acceptors (Lipinski definition) is 6. The lowest BCUT2D eigenvalue weighted by atomic mass is 9.75. The number of aryl methyl sites for hydroxylation is 1. The Balaban J connectivity index is 1.51. The SMILES string of the molecule is Cc1nc(CN2CC[C@H]3OCC[C@@]3(C(=O)N3CCOCC3)C2)cs1. The van der Waals surface area contributed by atoms with E-state index in [9.17, 15) is 4.79 Å². The molecule has 1 aromatic heterocycles. The number of rotatable bonds is 3. The molecule has 1 amide bonds. The van der Waals surface area contributed by atoms with Gasteiger partial charge in [0.1, 0.15) is 0 Å². The summed E-state index contributed by atoms with van der Waals surface area (Å²) in [6, 6.07) is 0. The van der Waals surface area contributed by atoms with Gasteiger partial charge in [-0.2, -0.15) is 0 Å². The smallest absolute Gasteiger partial charge is 0.232 e. The van der Waals surface area contributed by atoms with Crippen molar-refractivity contribution in [1.82, 2.24) is 14.8 Å². The fraction of sp³-hybridized carbons (Fsp3) is 0.765. The Bertz CT molecular complexity index is 602. The highest BCUT2D eigenvalue weighted by molar-refractivity contribution is 7.09. The Morgan fingerprint density at radius 1 is 1.38 bits per heavy atom. The van der Waals surface area contributed by atoms with Gasteiger partial charge in [-0.05, 0) is 19.8 Å². The van der Waals surface area contributed by atoms with Crippen LogP contribution in [0.5, 0.6) is 0 Å². The predicted molar refractivity (Wildman–Crippen MR) is 90.9 cm³/mol. The molecule has 3 saturated heterocycles. The molecule has 0 radical (unpaired) electrons. The quantitative estimate of drug-likeness (QED) is 0.821. The van der Waals surface area contributed by atoms with Crippen LogP contribution in [0.1, 0.15) is 23.5 Å². The molecular weight excluding hydrogens is 326 g/mol. The Hall–Kier alpha value is -1.02. The molecular formula is C17H25N3O3S. The molecule has 132 valence electrons. The second kappa shape index (κ2) is 6.71. The van der Waals surface area contributed by atoms with Gasteiger partial charge >= 0.3 is 0 Å². The highest BCUT2D eigenvalue weighted by Gasteiger charge is 2.54. The minimum Gasteiger partial charge on any atom is -0.378 e. The Morgan fingerprint density at radius 2 is 2.21 bits per heavy atom. The zero-order valence-electron chi connectivity index (χ0n) is 14.2. The molecule has 0 spiro atoms. The first-order chi connectivity index (χ1) is 11.7. The summed E-state index contributed by atoms with van der Waals surface area (Å²) in [5.41, 5.74) is 0.740. The van der Waals surface area contributed by atoms with Gasteiger partial charge in [0.05, 0.1) is 35.4 Å². The van der Waals surface area contributed by atoms with E-state index < -0.39 is 0 Å². The van der Waals surface area contributed by atoms with Gasteiger partial charge < -0.3 is 14.4 Å². The number of aromatic nitrogens is 1. The molecule has 4 rings (SSSR count). The van der Waals surface area contributed by atoms with Crippen LogP contribution in [-0.2, 0) is 20.8 Å². The third-order valence-electron chi connectivity index (χ3n) is 5.47. The van der Waals surface area contributed by atoms with Crippen molar-refractivity contribution in [3.05, 3.63) is 16.1 Å². The van der Waals surface area contributed by atoms with E-state index in [0.29, 0.717) is 32.9 Å². The highest BCUT2D eigenvalue weighted by Crippen LogP contribution is 2.42. The van der Waals surface area contributed by atoms with Crippen molar-refractivity contribution in [1.29, 1.82) is 0 Å². The number of ether oxygens (including phenoxy) is 2. The summed E-state index contributed by atoms with van der Waals surface area (Å²) < 4.78 is 11.4. The summed E-state index contributed by atoms with van der Waals surface area (Å²) >= 11 is 1.69. The van der Waals surface area contributed by atoms with Crippen molar-refractivity contribution in [3.8, 4) is 0 Å². The number of fused-ring (bicyclic) bond motifs is 1. The van der Waals surface area contributed by atoms with E-state index >= 15 is 0 Å². The monoisotopic (exact) mass is 351 g/mol. The second-order valence-electron chi connectivity index (χ2n) is 7.03. The van der Waals surface area contributed by atoms with Crippen LogP contribution in [0.3, 0.4) is 0 Å². The van der Waals surface area contributed by atoms with Gasteiger partial charge in [-0.15, -0.1) is 11.3 Å². The van der Waals surface area contributed by atoms with Gasteiger partial charge in [-0.1, -0.05) is 0 Å². The molecule has 0 saturated carbocycles. The van der Waals surface area contributed by atoms with Gasteiger partial charge in [0, 0.05) is 44.7 Å². The third-order valence-corrected chi connectivity index (χ3v) is 6.30. The molecule has 0 unspecified atom stereocenters. The number of likely N-dealkylation sites (tertiary alicyclic amines) is 1. The summed E-state index contributed by atoms with van der Waals surface area (Å²) in [6.07, 6.45) is 1.83. The maximum Gasteiger partial charge on any atom is 0.232 e. The highest BCUT2D eigenvalue weighted by atomic mass is 32.1. The van der Waals surface area contributed by atoms with Crippen molar-refractivity contribution < 1.29 is 14.3 Å². The average Bonchev–Trinajstić information content (AvgIpc) is 3.21. The maximum absolute atomic E-state index is 13.3. The van der Waals surface area contributed by atoms with Crippen molar-refractivity contribution in [2.45, 2.75) is 32.4 Å². The van der Waals surface area contributed by atoms with E-state index in [1.54, 1.807) is 11.3 Å². The van der Waals surface area contributed by atoms with Crippen LogP contribution in [0.2, 0.25) is 0 Å². The number of amides is 1. The molecule has 3 aliphatic rings. The van der Waals surface area contributed by atoms with E-state index in [4.69, 9.17) is 9.47 Å². The molecule has 0 N–H and O–H groups in total. The molecule has 7 heteroatoms. The first-order valence-corrected chi connectivity index (χ1v) is 9.67. The molecule has 4 heterocycles. The minimum atomic E-state index is -0.374. The number of thiazole rings is 1. The number of morpholine rings is 1. The first kappa shape index (κ1) is 16.4. The molecule has 3 fully saturated rings. The van der Waals surface area contributed by atoms with E-state index in [0.717, 1.165) is 43.2 Å². The summed E-state index contributed by atoms with van der Waals surface area (Å²) in [6.45, 7) is 8.03. The lowest BCUT2D eigenvalue weighted by molar-refractivity contribution is -0.154. The van der Waals surface area contributed by atoms with Crippen LogP contribution in [0.15, 0.2) is 5.38 Å². The van der Waals surface area contributed by atoms with Crippen LogP contribution in [0.25, 0.3) is 0 Å². The van der Waals surface area contributed by atoms with E-state index in [1.165, 1.54) is 0 Å². The summed E-state index contributed by atoms with van der Waals surface area (Å²) in [4.78, 5) is 22.3. The maximum atomic E-state index is 13.3. The van der Waals surface area contributed by atoms with Crippen LogP contribution in [0, 0.1) is 12.3 Å². The fourth-order valence-electron chi connectivity index (χ4n) is 4.26. The lowest BCUT2D eigenvalue weighted by Gasteiger charge is -2.45. The van der Waals surface area contributed by atoms with Crippen molar-refractivity contribution >= 4 is 17.2 Å². The van der Waals surface area contributed by atoms with Crippen LogP contribution in [-0.4, -0.2) is 72.8 Å². The predicted octanol–water partition coefficient (Wildman–Crippen LogP) is 1.29. The van der Waals surface area contributed by atoms with Crippen molar-refractivity contribution in [2.24, 2.45) is 5.41 Å². The van der Waals surface area contributed by atoms with Crippen LogP contribution in [0.4, 0.5) is 0 Å². The van der Waals surface area contributed by atoms with Crippen LogP contribution >= 0.6 is 11.3 Å². The number of carbonyl (C=O) groups excluding carboxylic acids is 1. The molecule has 3 aliphatic heterocycles. The topological polar surface area (TPSA) is 54.9 Å². The Morgan fingerprint density at radius 3 is 2.96 bits per heavy atom. The van der Waals surface area contributed by atoms with Gasteiger partial charge in [-0.3, -0.25) is 9.69 Å². The first-order valence-electron chi connectivity index (χ1n) is 8.79. The van der Waals surface area contributed by atoms with E-state index in [2.05, 4.69) is 15.3 Å². The molecule has 6 nitrogen and oxygen atoms in total. The standard InChI is InChI=1S/C17H25N3O3S/c1-13-18-14(11-24-13)10-19-4-2-15-17(12-19,3-7-23-15)16(21)20-5-8-22-9-6-20/h11,15H,2-10,12H2,1H3/t15-,17-/m1/s1. The summed E-state index contributed by atoms with van der Waals surface area (Å²) in [5, 5.41) is 3.23. The molecule has 24 heavy (non-hydrogen) atoms. The van der Waals surface area contributed by atoms with Gasteiger partial charge in [0.15, 0.2) is 0 Å². The lowest BCUT2D eigenvalue weighted by Crippen LogP contribution is -2.59. The van der Waals surface area contributed by atoms with E-state index in [1.807, 2.05) is 11.8 Å². The van der Waals surface area contributed by atoms with Gasteiger partial charge in [0.2, 0.25) is 5.91 Å². The molecule has 2 atom stereocenters. The average molecular weight is 351 g/mol. The zero-order chi connectivity index (χ0) is 16.6. The molecule has 1 aromatic rings. The molecule has 0 aromatic carbocycles. The van der Waals surface area contributed by atoms with Crippen molar-refractivity contribution in [2.75, 3.05) is 46.0 Å². The Kier molecular flexibility index (Phi) is 4.60. The van der Waals surface area contributed by atoms with Crippen molar-refractivity contribution in [3.63, 3.8) is 0 Å². The Labute approximate surface area is 146 Å². The fourth-order valence-corrected chi connectivity index (χ4v) is 4.86. The summed E-state index contributed by atoms with van der Waals surface area (Å²) in [7, 11) is 0.